The van der Waals surface area contributed by atoms with Crippen LogP contribution in [0.1, 0.15) is 38.8 Å². The van der Waals surface area contributed by atoms with Gasteiger partial charge in [0.05, 0.1) is 17.9 Å². The van der Waals surface area contributed by atoms with Crippen LogP contribution >= 0.6 is 0 Å². The molecule has 1 aliphatic heterocycles. The number of benzene rings is 1. The maximum absolute atomic E-state index is 12.6. The summed E-state index contributed by atoms with van der Waals surface area (Å²) in [6.45, 7) is 6.89. The molecule has 0 aliphatic carbocycles. The first-order valence-corrected chi connectivity index (χ1v) is 9.93. The Balaban J connectivity index is 2.28. The number of amides is 1. The minimum absolute atomic E-state index is 0.0810. The lowest BCUT2D eigenvalue weighted by molar-refractivity contribution is -0.120. The molecule has 0 spiro atoms. The lowest BCUT2D eigenvalue weighted by Gasteiger charge is -2.39. The van der Waals surface area contributed by atoms with E-state index in [0.29, 0.717) is 26.1 Å². The Bertz CT molecular complexity index is 643. The number of nitrogens with zero attached hydrogens (tertiary/aromatic N) is 2. The number of carbonyl (C=O) groups excluding carboxylic acids is 1. The Morgan fingerprint density at radius 3 is 2.46 bits per heavy atom. The minimum Gasteiger partial charge on any atom is -0.491 e. The molecular formula is C17H26N2O4S. The highest BCUT2D eigenvalue weighted by atomic mass is 32.2. The minimum atomic E-state index is -3.33. The molecule has 1 aromatic rings. The van der Waals surface area contributed by atoms with Crippen molar-refractivity contribution in [3.63, 3.8) is 0 Å². The monoisotopic (exact) mass is 354 g/mol. The topological polar surface area (TPSA) is 66.9 Å². The summed E-state index contributed by atoms with van der Waals surface area (Å²) in [5, 5.41) is 0. The van der Waals surface area contributed by atoms with Gasteiger partial charge in [-0.1, -0.05) is 19.1 Å². The highest BCUT2D eigenvalue weighted by Gasteiger charge is 2.35. The molecule has 2 rings (SSSR count). The Labute approximate surface area is 144 Å². The molecule has 0 aromatic heterocycles. The normalized spacial score (nSPS) is 19.5. The molecule has 1 saturated heterocycles. The van der Waals surface area contributed by atoms with Crippen molar-refractivity contribution in [2.45, 2.75) is 39.3 Å². The van der Waals surface area contributed by atoms with Crippen LogP contribution in [0, 0.1) is 0 Å². The van der Waals surface area contributed by atoms with E-state index in [4.69, 9.17) is 4.74 Å². The Hall–Kier alpha value is -1.60. The highest BCUT2D eigenvalue weighted by molar-refractivity contribution is 7.89. The summed E-state index contributed by atoms with van der Waals surface area (Å²) in [4.78, 5) is 12.8. The molecule has 6 nitrogen and oxygen atoms in total. The summed E-state index contributed by atoms with van der Waals surface area (Å²) in [6.07, 6.45) is 1.44. The van der Waals surface area contributed by atoms with Gasteiger partial charge in [0.1, 0.15) is 5.75 Å². The zero-order chi connectivity index (χ0) is 17.7. The third-order valence-corrected chi connectivity index (χ3v) is 6.04. The predicted octanol–water partition coefficient (Wildman–Crippen LogP) is 2.03. The van der Waals surface area contributed by atoms with Gasteiger partial charge < -0.3 is 9.64 Å². The number of carbonyl (C=O) groups is 1. The fourth-order valence-electron chi connectivity index (χ4n) is 2.90. The molecule has 1 atom stereocenters. The van der Waals surface area contributed by atoms with E-state index in [1.54, 1.807) is 4.90 Å². The Morgan fingerprint density at radius 2 is 1.92 bits per heavy atom. The van der Waals surface area contributed by atoms with E-state index in [1.165, 1.54) is 4.31 Å². The van der Waals surface area contributed by atoms with Crippen LogP contribution in [-0.4, -0.2) is 55.5 Å². The zero-order valence-corrected chi connectivity index (χ0v) is 15.3. The average Bonchev–Trinajstić information content (AvgIpc) is 2.54. The van der Waals surface area contributed by atoms with Crippen LogP contribution in [0.3, 0.4) is 0 Å². The molecule has 7 heteroatoms. The van der Waals surface area contributed by atoms with Crippen LogP contribution in [0.4, 0.5) is 0 Å². The van der Waals surface area contributed by atoms with E-state index in [1.807, 2.05) is 45.0 Å². The maximum atomic E-state index is 12.6. The number of hydrogen-bond acceptors (Lipinski definition) is 4. The second-order valence-electron chi connectivity index (χ2n) is 6.28. The standard InChI is InChI=1S/C17H26N2O4S/c1-4-11-24(21,22)19-10-9-18(13-20)12-17(19)15-5-7-16(8-6-15)23-14(2)3/h5-8,13-14,17H,4,9-12H2,1-3H3/t17-/m1/s1. The summed E-state index contributed by atoms with van der Waals surface area (Å²) >= 11 is 0. The van der Waals surface area contributed by atoms with E-state index in [9.17, 15) is 13.2 Å². The van der Waals surface area contributed by atoms with Crippen molar-refractivity contribution in [1.82, 2.24) is 9.21 Å². The molecule has 0 unspecified atom stereocenters. The van der Waals surface area contributed by atoms with E-state index in [2.05, 4.69) is 0 Å². The number of rotatable bonds is 7. The van der Waals surface area contributed by atoms with E-state index in [0.717, 1.165) is 17.7 Å². The third-order valence-electron chi connectivity index (χ3n) is 3.97. The second kappa shape index (κ2) is 7.98. The summed E-state index contributed by atoms with van der Waals surface area (Å²) in [6, 6.07) is 7.10. The van der Waals surface area contributed by atoms with Gasteiger partial charge in [-0.05, 0) is 38.0 Å². The number of piperazine rings is 1. The summed E-state index contributed by atoms with van der Waals surface area (Å²) in [7, 11) is -3.33. The van der Waals surface area contributed by atoms with Crippen molar-refractivity contribution >= 4 is 16.4 Å². The number of sulfonamides is 1. The number of hydrogen-bond donors (Lipinski definition) is 0. The fraction of sp³-hybridized carbons (Fsp3) is 0.588. The predicted molar refractivity (Wildman–Crippen MR) is 93.4 cm³/mol. The van der Waals surface area contributed by atoms with Gasteiger partial charge in [0.15, 0.2) is 0 Å². The summed E-state index contributed by atoms with van der Waals surface area (Å²) < 4.78 is 32.3. The smallest absolute Gasteiger partial charge is 0.214 e. The summed E-state index contributed by atoms with van der Waals surface area (Å²) in [5.41, 5.74) is 0.873. The Morgan fingerprint density at radius 1 is 1.25 bits per heavy atom. The maximum Gasteiger partial charge on any atom is 0.214 e. The van der Waals surface area contributed by atoms with Crippen molar-refractivity contribution in [1.29, 1.82) is 0 Å². The van der Waals surface area contributed by atoms with E-state index in [-0.39, 0.29) is 17.9 Å². The van der Waals surface area contributed by atoms with Crippen molar-refractivity contribution in [3.8, 4) is 5.75 Å². The van der Waals surface area contributed by atoms with Gasteiger partial charge in [0.25, 0.3) is 0 Å². The van der Waals surface area contributed by atoms with Crippen molar-refractivity contribution in [3.05, 3.63) is 29.8 Å². The molecule has 0 saturated carbocycles. The average molecular weight is 354 g/mol. The quantitative estimate of drug-likeness (QED) is 0.703. The molecular weight excluding hydrogens is 328 g/mol. The fourth-order valence-corrected chi connectivity index (χ4v) is 4.59. The molecule has 0 N–H and O–H groups in total. The van der Waals surface area contributed by atoms with Gasteiger partial charge in [-0.3, -0.25) is 4.79 Å². The van der Waals surface area contributed by atoms with Crippen LogP contribution in [0.15, 0.2) is 24.3 Å². The SMILES string of the molecule is CCCS(=O)(=O)N1CCN(C=O)C[C@@H]1c1ccc(OC(C)C)cc1. The summed E-state index contributed by atoms with van der Waals surface area (Å²) in [5.74, 6) is 0.874. The van der Waals surface area contributed by atoms with Crippen LogP contribution in [-0.2, 0) is 14.8 Å². The lowest BCUT2D eigenvalue weighted by atomic mass is 10.0. The lowest BCUT2D eigenvalue weighted by Crippen LogP contribution is -2.50. The Kier molecular flexibility index (Phi) is 6.23. The van der Waals surface area contributed by atoms with Crippen molar-refractivity contribution in [2.24, 2.45) is 0 Å². The van der Waals surface area contributed by atoms with Crippen molar-refractivity contribution in [2.75, 3.05) is 25.4 Å². The van der Waals surface area contributed by atoms with Crippen molar-refractivity contribution < 1.29 is 17.9 Å². The van der Waals surface area contributed by atoms with Gasteiger partial charge in [-0.25, -0.2) is 8.42 Å². The first-order chi connectivity index (χ1) is 11.4. The molecule has 1 heterocycles. The van der Waals surface area contributed by atoms with Crippen LogP contribution in [0.25, 0.3) is 0 Å². The third kappa shape index (κ3) is 4.48. The van der Waals surface area contributed by atoms with Gasteiger partial charge >= 0.3 is 0 Å². The van der Waals surface area contributed by atoms with Gasteiger partial charge in [-0.15, -0.1) is 0 Å². The molecule has 1 amide bonds. The van der Waals surface area contributed by atoms with Gasteiger partial charge in [-0.2, -0.15) is 4.31 Å². The first kappa shape index (κ1) is 18.7. The van der Waals surface area contributed by atoms with E-state index >= 15 is 0 Å². The largest absolute Gasteiger partial charge is 0.491 e. The van der Waals surface area contributed by atoms with Crippen LogP contribution in [0.5, 0.6) is 5.75 Å². The molecule has 24 heavy (non-hydrogen) atoms. The van der Waals surface area contributed by atoms with Gasteiger partial charge in [0.2, 0.25) is 16.4 Å². The highest BCUT2D eigenvalue weighted by Crippen LogP contribution is 2.29. The molecule has 1 aliphatic rings. The van der Waals surface area contributed by atoms with Crippen LogP contribution < -0.4 is 4.74 Å². The number of ether oxygens (including phenoxy) is 1. The molecule has 1 fully saturated rings. The van der Waals surface area contributed by atoms with Crippen LogP contribution in [0.2, 0.25) is 0 Å². The van der Waals surface area contributed by atoms with E-state index < -0.39 is 10.0 Å². The zero-order valence-electron chi connectivity index (χ0n) is 14.5. The van der Waals surface area contributed by atoms with Gasteiger partial charge in [0, 0.05) is 19.6 Å². The molecule has 0 radical (unpaired) electrons. The first-order valence-electron chi connectivity index (χ1n) is 8.33. The molecule has 134 valence electrons. The second-order valence-corrected chi connectivity index (χ2v) is 8.32. The molecule has 0 bridgehead atoms. The molecule has 1 aromatic carbocycles.